The van der Waals surface area contributed by atoms with Gasteiger partial charge in [0.25, 0.3) is 0 Å². The van der Waals surface area contributed by atoms with E-state index in [0.29, 0.717) is 0 Å². The average molecular weight is 227 g/mol. The minimum Gasteiger partial charge on any atom is -0.299 e. The fourth-order valence-electron chi connectivity index (χ4n) is 0.260. The van der Waals surface area contributed by atoms with Crippen molar-refractivity contribution in [3.63, 3.8) is 0 Å². The van der Waals surface area contributed by atoms with Crippen LogP contribution in [0, 0.1) is 0 Å². The van der Waals surface area contributed by atoms with Crippen LogP contribution in [-0.2, 0) is 9.59 Å². The third-order valence-electron chi connectivity index (χ3n) is 0.515. The van der Waals surface area contributed by atoms with Gasteiger partial charge in [-0.05, 0) is 6.92 Å². The summed E-state index contributed by atoms with van der Waals surface area (Å²) in [6.07, 6.45) is -0.0110. The maximum Gasteiger partial charge on any atom is 0.236 e. The molecule has 1 N–H and O–H groups in total. The molecular formula is C4H6INO2. The van der Waals surface area contributed by atoms with Crippen molar-refractivity contribution >= 4 is 34.6 Å². The standard InChI is InChI=1S/C4H6INO2/c1-3(7)2-4(8)6-5/h2H2,1H3,(H,6,8). The molecule has 0 saturated carbocycles. The second-order valence-electron chi connectivity index (χ2n) is 1.40. The summed E-state index contributed by atoms with van der Waals surface area (Å²) < 4.78 is 2.31. The largest absolute Gasteiger partial charge is 0.299 e. The van der Waals surface area contributed by atoms with Gasteiger partial charge in [-0.2, -0.15) is 0 Å². The third-order valence-corrected chi connectivity index (χ3v) is 1.12. The van der Waals surface area contributed by atoms with Gasteiger partial charge in [-0.15, -0.1) is 0 Å². The summed E-state index contributed by atoms with van der Waals surface area (Å²) in [6.45, 7) is 1.38. The number of carbonyl (C=O) groups excluding carboxylic acids is 2. The van der Waals surface area contributed by atoms with Crippen LogP contribution in [0.3, 0.4) is 0 Å². The molecule has 1 amide bonds. The number of carbonyl (C=O) groups is 2. The average Bonchev–Trinajstić information content (AvgIpc) is 1.65. The number of ketones is 1. The fourth-order valence-corrected chi connectivity index (χ4v) is 0.450. The number of hydrogen-bond acceptors (Lipinski definition) is 2. The van der Waals surface area contributed by atoms with Crippen molar-refractivity contribution in [2.24, 2.45) is 0 Å². The summed E-state index contributed by atoms with van der Waals surface area (Å²) in [5.41, 5.74) is 0. The van der Waals surface area contributed by atoms with Gasteiger partial charge in [-0.3, -0.25) is 13.1 Å². The Balaban J connectivity index is 3.40. The molecule has 0 unspecified atom stereocenters. The van der Waals surface area contributed by atoms with Crippen LogP contribution in [0.1, 0.15) is 13.3 Å². The molecule has 46 valence electrons. The zero-order valence-electron chi connectivity index (χ0n) is 4.40. The number of hydrogen-bond donors (Lipinski definition) is 1. The van der Waals surface area contributed by atoms with Crippen molar-refractivity contribution < 1.29 is 9.59 Å². The zero-order chi connectivity index (χ0) is 6.57. The molecule has 0 aromatic rings. The number of rotatable bonds is 2. The fraction of sp³-hybridized carbons (Fsp3) is 0.500. The molecule has 0 saturated heterocycles. The molecule has 0 aromatic heterocycles. The lowest BCUT2D eigenvalue weighted by molar-refractivity contribution is -0.125. The van der Waals surface area contributed by atoms with E-state index >= 15 is 0 Å². The van der Waals surface area contributed by atoms with Crippen LogP contribution in [-0.4, -0.2) is 11.7 Å². The Morgan fingerprint density at radius 1 is 1.62 bits per heavy atom. The Kier molecular flexibility index (Phi) is 3.76. The first-order chi connectivity index (χ1) is 3.66. The summed E-state index contributed by atoms with van der Waals surface area (Å²) in [5, 5.41) is 0. The minimum absolute atomic E-state index is 0.0110. The molecule has 0 spiro atoms. The van der Waals surface area contributed by atoms with Gasteiger partial charge in [0, 0.05) is 0 Å². The minimum atomic E-state index is -0.238. The normalized spacial score (nSPS) is 8.25. The van der Waals surface area contributed by atoms with E-state index in [0.717, 1.165) is 0 Å². The molecule has 0 atom stereocenters. The summed E-state index contributed by atoms with van der Waals surface area (Å²) in [7, 11) is 0. The molecule has 8 heavy (non-hydrogen) atoms. The lowest BCUT2D eigenvalue weighted by Gasteiger charge is -1.89. The van der Waals surface area contributed by atoms with Gasteiger partial charge >= 0.3 is 0 Å². The third kappa shape index (κ3) is 4.04. The maximum atomic E-state index is 10.3. The van der Waals surface area contributed by atoms with Gasteiger partial charge in [0.15, 0.2) is 0 Å². The zero-order valence-corrected chi connectivity index (χ0v) is 6.56. The lowest BCUT2D eigenvalue weighted by Crippen LogP contribution is -2.14. The van der Waals surface area contributed by atoms with E-state index in [-0.39, 0.29) is 18.1 Å². The van der Waals surface area contributed by atoms with Crippen LogP contribution in [0.25, 0.3) is 0 Å². The maximum absolute atomic E-state index is 10.3. The second-order valence-corrected chi connectivity index (χ2v) is 1.94. The smallest absolute Gasteiger partial charge is 0.236 e. The van der Waals surface area contributed by atoms with E-state index in [9.17, 15) is 9.59 Å². The number of Topliss-reactive ketones (excluding diaryl/α,β-unsaturated/α-hetero) is 1. The Labute approximate surface area is 61.3 Å². The van der Waals surface area contributed by atoms with Crippen LogP contribution in [0.2, 0.25) is 0 Å². The monoisotopic (exact) mass is 227 g/mol. The first kappa shape index (κ1) is 7.87. The first-order valence-corrected chi connectivity index (χ1v) is 3.13. The summed E-state index contributed by atoms with van der Waals surface area (Å²) in [5.74, 6) is -0.350. The highest BCUT2D eigenvalue weighted by molar-refractivity contribution is 14.1. The van der Waals surface area contributed by atoms with Crippen molar-refractivity contribution in [1.82, 2.24) is 3.53 Å². The lowest BCUT2D eigenvalue weighted by atomic mass is 10.3. The molecule has 0 heterocycles. The molecule has 0 aliphatic heterocycles. The van der Waals surface area contributed by atoms with Gasteiger partial charge in [0.05, 0.1) is 29.3 Å². The molecule has 0 bridgehead atoms. The Hall–Kier alpha value is -0.130. The highest BCUT2D eigenvalue weighted by Gasteiger charge is 2.00. The summed E-state index contributed by atoms with van der Waals surface area (Å²) >= 11 is 1.70. The predicted octanol–water partition coefficient (Wildman–Crippen LogP) is 0.432. The van der Waals surface area contributed by atoms with Crippen LogP contribution >= 0.6 is 22.9 Å². The van der Waals surface area contributed by atoms with Crippen molar-refractivity contribution in [3.05, 3.63) is 0 Å². The van der Waals surface area contributed by atoms with Crippen molar-refractivity contribution in [2.75, 3.05) is 0 Å². The molecule has 0 aliphatic rings. The van der Waals surface area contributed by atoms with Crippen molar-refractivity contribution in [3.8, 4) is 0 Å². The molecule has 4 heteroatoms. The van der Waals surface area contributed by atoms with Gasteiger partial charge < -0.3 is 0 Å². The number of nitrogens with one attached hydrogen (secondary N) is 1. The molecular weight excluding hydrogens is 221 g/mol. The number of halogens is 1. The molecule has 0 aromatic carbocycles. The first-order valence-electron chi connectivity index (χ1n) is 2.05. The van der Waals surface area contributed by atoms with E-state index in [1.165, 1.54) is 6.92 Å². The van der Waals surface area contributed by atoms with E-state index in [1.807, 2.05) is 0 Å². The predicted molar refractivity (Wildman–Crippen MR) is 37.5 cm³/mol. The van der Waals surface area contributed by atoms with Crippen molar-refractivity contribution in [1.29, 1.82) is 0 Å². The van der Waals surface area contributed by atoms with Crippen LogP contribution in [0.5, 0.6) is 0 Å². The Morgan fingerprint density at radius 3 is 2.25 bits per heavy atom. The highest BCUT2D eigenvalue weighted by atomic mass is 127. The van der Waals surface area contributed by atoms with Gasteiger partial charge in [-0.25, -0.2) is 0 Å². The molecule has 0 rings (SSSR count). The number of amides is 1. The summed E-state index contributed by atoms with van der Waals surface area (Å²) in [4.78, 5) is 20.4. The highest BCUT2D eigenvalue weighted by Crippen LogP contribution is 1.82. The van der Waals surface area contributed by atoms with Crippen LogP contribution < -0.4 is 3.53 Å². The van der Waals surface area contributed by atoms with Crippen LogP contribution in [0.15, 0.2) is 0 Å². The van der Waals surface area contributed by atoms with Crippen LogP contribution in [0.4, 0.5) is 0 Å². The van der Waals surface area contributed by atoms with Gasteiger partial charge in [0.1, 0.15) is 5.78 Å². The second kappa shape index (κ2) is 3.82. The van der Waals surface area contributed by atoms with Gasteiger partial charge in [0.2, 0.25) is 5.91 Å². The molecule has 3 nitrogen and oxygen atoms in total. The SMILES string of the molecule is CC(=O)CC(=O)NI. The van der Waals surface area contributed by atoms with E-state index in [4.69, 9.17) is 0 Å². The molecule has 0 aliphatic carbocycles. The van der Waals surface area contributed by atoms with E-state index in [1.54, 1.807) is 22.9 Å². The Morgan fingerprint density at radius 2 is 2.12 bits per heavy atom. The van der Waals surface area contributed by atoms with E-state index in [2.05, 4.69) is 3.53 Å². The van der Waals surface area contributed by atoms with Gasteiger partial charge in [-0.1, -0.05) is 0 Å². The Bertz CT molecular complexity index is 113. The molecule has 0 radical (unpaired) electrons. The summed E-state index contributed by atoms with van der Waals surface area (Å²) in [6, 6.07) is 0. The quantitative estimate of drug-likeness (QED) is 0.422. The van der Waals surface area contributed by atoms with E-state index < -0.39 is 0 Å². The topological polar surface area (TPSA) is 46.2 Å². The molecule has 0 fully saturated rings. The van der Waals surface area contributed by atoms with Crippen molar-refractivity contribution in [2.45, 2.75) is 13.3 Å².